The number of aryl methyl sites for hydroxylation is 1. The summed E-state index contributed by atoms with van der Waals surface area (Å²) < 4.78 is 0. The number of carbonyl (C=O) groups is 1. The molecule has 2 aromatic carbocycles. The lowest BCUT2D eigenvalue weighted by Crippen LogP contribution is -2.28. The highest BCUT2D eigenvalue weighted by atomic mass is 16.1. The molecule has 0 aromatic heterocycles. The molecule has 0 saturated carbocycles. The first-order chi connectivity index (χ1) is 9.54. The van der Waals surface area contributed by atoms with Gasteiger partial charge in [-0.25, -0.2) is 0 Å². The first kappa shape index (κ1) is 14.1. The van der Waals surface area contributed by atoms with E-state index in [0.717, 1.165) is 16.8 Å². The summed E-state index contributed by atoms with van der Waals surface area (Å²) in [6, 6.07) is 15.6. The number of nitrogen functional groups attached to an aromatic ring is 1. The molecule has 0 saturated heterocycles. The third-order valence-electron chi connectivity index (χ3n) is 3.26. The lowest BCUT2D eigenvalue weighted by Gasteiger charge is -2.14. The molecule has 0 spiro atoms. The SMILES string of the molecule is Cc1cccc(CC(=O)NC(C)c2ccc(N)cc2)c1. The third kappa shape index (κ3) is 3.85. The van der Waals surface area contributed by atoms with Crippen LogP contribution in [0.5, 0.6) is 0 Å². The van der Waals surface area contributed by atoms with Gasteiger partial charge in [-0.3, -0.25) is 4.79 Å². The fourth-order valence-electron chi connectivity index (χ4n) is 2.17. The number of amides is 1. The van der Waals surface area contributed by atoms with Crippen LogP contribution in [0.25, 0.3) is 0 Å². The predicted molar refractivity (Wildman–Crippen MR) is 82.3 cm³/mol. The standard InChI is InChI=1S/C17H20N2O/c1-12-4-3-5-14(10-12)11-17(20)19-13(2)15-6-8-16(18)9-7-15/h3-10,13H,11,18H2,1-2H3,(H,19,20). The van der Waals surface area contributed by atoms with E-state index in [-0.39, 0.29) is 11.9 Å². The van der Waals surface area contributed by atoms with Crippen LogP contribution < -0.4 is 11.1 Å². The molecule has 0 aliphatic carbocycles. The molecule has 104 valence electrons. The largest absolute Gasteiger partial charge is 0.399 e. The molecule has 2 aromatic rings. The average Bonchev–Trinajstić information content (AvgIpc) is 2.39. The highest BCUT2D eigenvalue weighted by Gasteiger charge is 2.10. The molecule has 20 heavy (non-hydrogen) atoms. The second kappa shape index (κ2) is 6.24. The number of nitrogens with one attached hydrogen (secondary N) is 1. The van der Waals surface area contributed by atoms with Gasteiger partial charge in [0, 0.05) is 5.69 Å². The van der Waals surface area contributed by atoms with Crippen molar-refractivity contribution in [2.45, 2.75) is 26.3 Å². The number of nitrogens with two attached hydrogens (primary N) is 1. The summed E-state index contributed by atoms with van der Waals surface area (Å²) in [5, 5.41) is 3.00. The van der Waals surface area contributed by atoms with Gasteiger partial charge in [0.2, 0.25) is 5.91 Å². The number of hydrogen-bond acceptors (Lipinski definition) is 2. The Hall–Kier alpha value is -2.29. The third-order valence-corrected chi connectivity index (χ3v) is 3.26. The van der Waals surface area contributed by atoms with Gasteiger partial charge in [0.05, 0.1) is 12.5 Å². The van der Waals surface area contributed by atoms with Gasteiger partial charge >= 0.3 is 0 Å². The Bertz CT molecular complexity index is 590. The summed E-state index contributed by atoms with van der Waals surface area (Å²) in [5.74, 6) is 0.0277. The second-order valence-electron chi connectivity index (χ2n) is 5.12. The lowest BCUT2D eigenvalue weighted by molar-refractivity contribution is -0.121. The van der Waals surface area contributed by atoms with Crippen LogP contribution in [0.1, 0.15) is 29.7 Å². The van der Waals surface area contributed by atoms with E-state index in [0.29, 0.717) is 6.42 Å². The van der Waals surface area contributed by atoms with E-state index in [1.165, 1.54) is 5.56 Å². The Labute approximate surface area is 119 Å². The molecule has 0 radical (unpaired) electrons. The molecule has 0 aliphatic heterocycles. The van der Waals surface area contributed by atoms with Crippen LogP contribution >= 0.6 is 0 Å². The normalized spacial score (nSPS) is 11.9. The molecule has 3 heteroatoms. The number of hydrogen-bond donors (Lipinski definition) is 2. The Morgan fingerprint density at radius 3 is 2.55 bits per heavy atom. The van der Waals surface area contributed by atoms with Crippen LogP contribution in [-0.2, 0) is 11.2 Å². The van der Waals surface area contributed by atoms with E-state index in [1.807, 2.05) is 62.4 Å². The van der Waals surface area contributed by atoms with Crippen LogP contribution in [0.15, 0.2) is 48.5 Å². The van der Waals surface area contributed by atoms with Crippen molar-refractivity contribution < 1.29 is 4.79 Å². The molecule has 1 atom stereocenters. The van der Waals surface area contributed by atoms with Gasteiger partial charge in [-0.1, -0.05) is 42.0 Å². The van der Waals surface area contributed by atoms with Crippen molar-refractivity contribution in [2.75, 3.05) is 5.73 Å². The summed E-state index contributed by atoms with van der Waals surface area (Å²) in [6.45, 7) is 4.00. The van der Waals surface area contributed by atoms with Gasteiger partial charge in [0.15, 0.2) is 0 Å². The van der Waals surface area contributed by atoms with Crippen LogP contribution in [0, 0.1) is 6.92 Å². The number of benzene rings is 2. The molecule has 1 amide bonds. The maximum absolute atomic E-state index is 12.0. The van der Waals surface area contributed by atoms with Crippen LogP contribution in [0.2, 0.25) is 0 Å². The topological polar surface area (TPSA) is 55.1 Å². The maximum atomic E-state index is 12.0. The average molecular weight is 268 g/mol. The van der Waals surface area contributed by atoms with Crippen molar-refractivity contribution in [3.63, 3.8) is 0 Å². The Kier molecular flexibility index (Phi) is 4.41. The van der Waals surface area contributed by atoms with Gasteiger partial charge in [-0.05, 0) is 37.1 Å². The summed E-state index contributed by atoms with van der Waals surface area (Å²) in [6.07, 6.45) is 0.404. The van der Waals surface area contributed by atoms with Crippen molar-refractivity contribution >= 4 is 11.6 Å². The minimum Gasteiger partial charge on any atom is -0.399 e. The molecule has 1 unspecified atom stereocenters. The molecule has 0 bridgehead atoms. The van der Waals surface area contributed by atoms with E-state index in [9.17, 15) is 4.79 Å². The monoisotopic (exact) mass is 268 g/mol. The highest BCUT2D eigenvalue weighted by molar-refractivity contribution is 5.79. The zero-order chi connectivity index (χ0) is 14.5. The molecule has 0 aliphatic rings. The van der Waals surface area contributed by atoms with Crippen LogP contribution in [0.4, 0.5) is 5.69 Å². The van der Waals surface area contributed by atoms with Gasteiger partial charge in [-0.2, -0.15) is 0 Å². The number of anilines is 1. The minimum absolute atomic E-state index is 0.0205. The van der Waals surface area contributed by atoms with Crippen LogP contribution in [-0.4, -0.2) is 5.91 Å². The fraction of sp³-hybridized carbons (Fsp3) is 0.235. The molecule has 2 rings (SSSR count). The van der Waals surface area contributed by atoms with E-state index in [4.69, 9.17) is 5.73 Å². The Morgan fingerprint density at radius 2 is 1.90 bits per heavy atom. The summed E-state index contributed by atoms with van der Waals surface area (Å²) in [4.78, 5) is 12.0. The zero-order valence-electron chi connectivity index (χ0n) is 11.9. The van der Waals surface area contributed by atoms with Crippen molar-refractivity contribution in [1.29, 1.82) is 0 Å². The number of carbonyl (C=O) groups excluding carboxylic acids is 1. The van der Waals surface area contributed by atoms with Crippen molar-refractivity contribution in [1.82, 2.24) is 5.32 Å². The summed E-state index contributed by atoms with van der Waals surface area (Å²) >= 11 is 0. The predicted octanol–water partition coefficient (Wildman–Crippen LogP) is 3.00. The van der Waals surface area contributed by atoms with Gasteiger partial charge in [0.1, 0.15) is 0 Å². The smallest absolute Gasteiger partial charge is 0.224 e. The quantitative estimate of drug-likeness (QED) is 0.837. The maximum Gasteiger partial charge on any atom is 0.224 e. The Morgan fingerprint density at radius 1 is 1.20 bits per heavy atom. The molecule has 3 N–H and O–H groups in total. The zero-order valence-corrected chi connectivity index (χ0v) is 11.9. The number of rotatable bonds is 4. The van der Waals surface area contributed by atoms with Crippen LogP contribution in [0.3, 0.4) is 0 Å². The van der Waals surface area contributed by atoms with E-state index < -0.39 is 0 Å². The van der Waals surface area contributed by atoms with E-state index in [2.05, 4.69) is 5.32 Å². The van der Waals surface area contributed by atoms with Crippen molar-refractivity contribution in [3.05, 3.63) is 65.2 Å². The van der Waals surface area contributed by atoms with Gasteiger partial charge in [0.25, 0.3) is 0 Å². The molecular formula is C17H20N2O. The summed E-state index contributed by atoms with van der Waals surface area (Å²) in [7, 11) is 0. The fourth-order valence-corrected chi connectivity index (χ4v) is 2.17. The van der Waals surface area contributed by atoms with E-state index >= 15 is 0 Å². The first-order valence-electron chi connectivity index (χ1n) is 6.75. The first-order valence-corrected chi connectivity index (χ1v) is 6.75. The minimum atomic E-state index is -0.0205. The summed E-state index contributed by atoms with van der Waals surface area (Å²) in [5.41, 5.74) is 9.64. The van der Waals surface area contributed by atoms with E-state index in [1.54, 1.807) is 0 Å². The Balaban J connectivity index is 1.95. The van der Waals surface area contributed by atoms with Gasteiger partial charge < -0.3 is 11.1 Å². The van der Waals surface area contributed by atoms with Crippen molar-refractivity contribution in [2.24, 2.45) is 0 Å². The van der Waals surface area contributed by atoms with Gasteiger partial charge in [-0.15, -0.1) is 0 Å². The molecule has 3 nitrogen and oxygen atoms in total. The molecule has 0 fully saturated rings. The molecular weight excluding hydrogens is 248 g/mol. The molecule has 0 heterocycles. The second-order valence-corrected chi connectivity index (χ2v) is 5.12. The lowest BCUT2D eigenvalue weighted by atomic mass is 10.1. The highest BCUT2D eigenvalue weighted by Crippen LogP contribution is 2.14. The van der Waals surface area contributed by atoms with Crippen molar-refractivity contribution in [3.8, 4) is 0 Å².